The van der Waals surface area contributed by atoms with E-state index in [9.17, 15) is 0 Å². The zero-order valence-electron chi connectivity index (χ0n) is 11.5. The van der Waals surface area contributed by atoms with Crippen molar-refractivity contribution in [2.75, 3.05) is 0 Å². The van der Waals surface area contributed by atoms with Crippen LogP contribution in [0, 0.1) is 10.8 Å². The van der Waals surface area contributed by atoms with Crippen molar-refractivity contribution >= 4 is 0 Å². The highest BCUT2D eigenvalue weighted by Crippen LogP contribution is 2.46. The van der Waals surface area contributed by atoms with Crippen LogP contribution in [0.2, 0.25) is 0 Å². The van der Waals surface area contributed by atoms with Crippen molar-refractivity contribution in [1.82, 2.24) is 20.6 Å². The standard InChI is InChI=1S/C12H24N4/c1-10(2,3)8-12(7,11(4,5)6)9-13-15-16-14-9/h8H2,1-7H3,(H,13,14,15,16). The SMILES string of the molecule is CC(C)(C)CC(C)(c1nn[nH]n1)C(C)(C)C. The predicted molar refractivity (Wildman–Crippen MR) is 65.1 cm³/mol. The molecule has 92 valence electrons. The minimum Gasteiger partial charge on any atom is -0.177 e. The van der Waals surface area contributed by atoms with E-state index in [-0.39, 0.29) is 16.2 Å². The van der Waals surface area contributed by atoms with Gasteiger partial charge in [-0.05, 0) is 17.3 Å². The fourth-order valence-electron chi connectivity index (χ4n) is 2.14. The molecule has 16 heavy (non-hydrogen) atoms. The van der Waals surface area contributed by atoms with Crippen LogP contribution in [0.4, 0.5) is 0 Å². The van der Waals surface area contributed by atoms with E-state index < -0.39 is 0 Å². The summed E-state index contributed by atoms with van der Waals surface area (Å²) in [6.45, 7) is 15.7. The Labute approximate surface area is 98.2 Å². The largest absolute Gasteiger partial charge is 0.180 e. The number of tetrazole rings is 1. The van der Waals surface area contributed by atoms with Crippen molar-refractivity contribution in [3.63, 3.8) is 0 Å². The second-order valence-corrected chi connectivity index (χ2v) is 7.05. The number of hydrogen-bond donors (Lipinski definition) is 1. The van der Waals surface area contributed by atoms with Gasteiger partial charge in [0, 0.05) is 5.41 Å². The van der Waals surface area contributed by atoms with E-state index in [1.54, 1.807) is 0 Å². The van der Waals surface area contributed by atoms with Gasteiger partial charge in [0.1, 0.15) is 0 Å². The highest BCUT2D eigenvalue weighted by Gasteiger charge is 2.44. The van der Waals surface area contributed by atoms with E-state index in [0.717, 1.165) is 12.2 Å². The molecular formula is C12H24N4. The van der Waals surface area contributed by atoms with Crippen molar-refractivity contribution in [3.05, 3.63) is 5.82 Å². The molecule has 1 aromatic rings. The number of nitrogens with one attached hydrogen (secondary N) is 1. The summed E-state index contributed by atoms with van der Waals surface area (Å²) in [7, 11) is 0. The lowest BCUT2D eigenvalue weighted by Gasteiger charge is -2.43. The minimum absolute atomic E-state index is 0.0712. The lowest BCUT2D eigenvalue weighted by molar-refractivity contribution is 0.125. The zero-order valence-corrected chi connectivity index (χ0v) is 11.5. The van der Waals surface area contributed by atoms with Gasteiger partial charge in [-0.1, -0.05) is 53.7 Å². The van der Waals surface area contributed by atoms with Gasteiger partial charge in [-0.2, -0.15) is 5.21 Å². The quantitative estimate of drug-likeness (QED) is 0.840. The molecule has 1 atom stereocenters. The fraction of sp³-hybridized carbons (Fsp3) is 0.917. The van der Waals surface area contributed by atoms with Gasteiger partial charge < -0.3 is 0 Å². The molecule has 4 nitrogen and oxygen atoms in total. The average Bonchev–Trinajstić information content (AvgIpc) is 2.49. The molecule has 0 aliphatic carbocycles. The van der Waals surface area contributed by atoms with Gasteiger partial charge in [-0.15, -0.1) is 10.2 Å². The third-order valence-electron chi connectivity index (χ3n) is 3.38. The molecule has 0 amide bonds. The normalized spacial score (nSPS) is 17.2. The molecule has 1 rings (SSSR count). The van der Waals surface area contributed by atoms with Crippen LogP contribution in [0.25, 0.3) is 0 Å². The van der Waals surface area contributed by atoms with Crippen LogP contribution in [-0.2, 0) is 5.41 Å². The lowest BCUT2D eigenvalue weighted by atomic mass is 9.61. The summed E-state index contributed by atoms with van der Waals surface area (Å²) < 4.78 is 0. The molecule has 0 bridgehead atoms. The summed E-state index contributed by atoms with van der Waals surface area (Å²) in [5.41, 5.74) is 0.269. The van der Waals surface area contributed by atoms with Crippen LogP contribution in [0.15, 0.2) is 0 Å². The zero-order chi connectivity index (χ0) is 12.6. The summed E-state index contributed by atoms with van der Waals surface area (Å²) >= 11 is 0. The Morgan fingerprint density at radius 1 is 1.00 bits per heavy atom. The van der Waals surface area contributed by atoms with Gasteiger partial charge in [-0.3, -0.25) is 0 Å². The van der Waals surface area contributed by atoms with E-state index in [1.807, 2.05) is 0 Å². The number of hydrogen-bond acceptors (Lipinski definition) is 3. The van der Waals surface area contributed by atoms with Crippen LogP contribution >= 0.6 is 0 Å². The van der Waals surface area contributed by atoms with E-state index in [2.05, 4.69) is 69.1 Å². The van der Waals surface area contributed by atoms with Gasteiger partial charge in [0.2, 0.25) is 0 Å². The first-order valence-corrected chi connectivity index (χ1v) is 5.80. The molecule has 0 aromatic carbocycles. The van der Waals surface area contributed by atoms with Crippen LogP contribution in [-0.4, -0.2) is 20.6 Å². The summed E-state index contributed by atoms with van der Waals surface area (Å²) in [5, 5.41) is 14.6. The second-order valence-electron chi connectivity index (χ2n) is 7.05. The molecule has 1 aromatic heterocycles. The maximum atomic E-state index is 4.19. The third-order valence-corrected chi connectivity index (χ3v) is 3.38. The summed E-state index contributed by atoms with van der Waals surface area (Å²) in [6, 6.07) is 0. The monoisotopic (exact) mass is 224 g/mol. The Kier molecular flexibility index (Phi) is 3.14. The summed E-state index contributed by atoms with van der Waals surface area (Å²) in [4.78, 5) is 0. The first-order chi connectivity index (χ1) is 7.06. The summed E-state index contributed by atoms with van der Waals surface area (Å²) in [5.74, 6) is 0.815. The van der Waals surface area contributed by atoms with Crippen molar-refractivity contribution < 1.29 is 0 Å². The van der Waals surface area contributed by atoms with Crippen LogP contribution in [0.3, 0.4) is 0 Å². The van der Waals surface area contributed by atoms with Crippen molar-refractivity contribution in [1.29, 1.82) is 0 Å². The molecule has 0 fully saturated rings. The first-order valence-electron chi connectivity index (χ1n) is 5.80. The highest BCUT2D eigenvalue weighted by molar-refractivity contribution is 5.10. The van der Waals surface area contributed by atoms with Crippen LogP contribution in [0.5, 0.6) is 0 Å². The van der Waals surface area contributed by atoms with E-state index in [0.29, 0.717) is 0 Å². The molecule has 0 saturated carbocycles. The Bertz CT molecular complexity index is 329. The van der Waals surface area contributed by atoms with Gasteiger partial charge >= 0.3 is 0 Å². The predicted octanol–water partition coefficient (Wildman–Crippen LogP) is 2.94. The van der Waals surface area contributed by atoms with Gasteiger partial charge in [-0.25, -0.2) is 0 Å². The molecule has 0 aliphatic rings. The Morgan fingerprint density at radius 2 is 1.56 bits per heavy atom. The topological polar surface area (TPSA) is 54.5 Å². The Balaban J connectivity index is 3.14. The van der Waals surface area contributed by atoms with Gasteiger partial charge in [0.05, 0.1) is 0 Å². The number of aromatic nitrogens is 4. The van der Waals surface area contributed by atoms with Crippen molar-refractivity contribution in [2.45, 2.75) is 60.3 Å². The maximum Gasteiger partial charge on any atom is 0.180 e. The van der Waals surface area contributed by atoms with Crippen molar-refractivity contribution in [2.24, 2.45) is 10.8 Å². The second kappa shape index (κ2) is 3.82. The fourth-order valence-corrected chi connectivity index (χ4v) is 2.14. The molecule has 4 heteroatoms. The molecule has 1 heterocycles. The molecule has 0 spiro atoms. The van der Waals surface area contributed by atoms with E-state index in [1.165, 1.54) is 0 Å². The number of aromatic amines is 1. The van der Waals surface area contributed by atoms with E-state index in [4.69, 9.17) is 0 Å². The van der Waals surface area contributed by atoms with Crippen LogP contribution in [0.1, 0.15) is 60.7 Å². The molecular weight excluding hydrogens is 200 g/mol. The minimum atomic E-state index is -0.0712. The van der Waals surface area contributed by atoms with Crippen molar-refractivity contribution in [3.8, 4) is 0 Å². The van der Waals surface area contributed by atoms with Gasteiger partial charge in [0.25, 0.3) is 0 Å². The molecule has 1 N–H and O–H groups in total. The maximum absolute atomic E-state index is 4.19. The van der Waals surface area contributed by atoms with Gasteiger partial charge in [0.15, 0.2) is 5.82 Å². The Hall–Kier alpha value is -0.930. The Morgan fingerprint density at radius 3 is 1.88 bits per heavy atom. The number of H-pyrrole nitrogens is 1. The summed E-state index contributed by atoms with van der Waals surface area (Å²) in [6.07, 6.45) is 1.03. The smallest absolute Gasteiger partial charge is 0.177 e. The highest BCUT2D eigenvalue weighted by atomic mass is 15.5. The molecule has 1 unspecified atom stereocenters. The third kappa shape index (κ3) is 2.60. The molecule has 0 aliphatic heterocycles. The molecule has 0 saturated heterocycles. The average molecular weight is 224 g/mol. The van der Waals surface area contributed by atoms with E-state index >= 15 is 0 Å². The lowest BCUT2D eigenvalue weighted by Crippen LogP contribution is -2.41. The number of rotatable bonds is 2. The molecule has 0 radical (unpaired) electrons. The first kappa shape index (κ1) is 13.1. The number of nitrogens with zero attached hydrogens (tertiary/aromatic N) is 3. The van der Waals surface area contributed by atoms with Crippen LogP contribution < -0.4 is 0 Å².